The van der Waals surface area contributed by atoms with Crippen LogP contribution in [-0.2, 0) is 4.79 Å². The number of thiocarbonyl (C=S) groups is 1. The first-order valence-electron chi connectivity index (χ1n) is 7.36. The van der Waals surface area contributed by atoms with Crippen molar-refractivity contribution in [2.24, 2.45) is 0 Å². The minimum Gasteiger partial charge on any atom is -0.355 e. The van der Waals surface area contributed by atoms with E-state index in [0.717, 1.165) is 5.56 Å². The Bertz CT molecular complexity index is 837. The molecule has 0 heterocycles. The number of anilines is 1. The predicted octanol–water partition coefficient (Wildman–Crippen LogP) is 3.23. The minimum absolute atomic E-state index is 0.128. The van der Waals surface area contributed by atoms with Gasteiger partial charge in [0.1, 0.15) is 0 Å². The van der Waals surface area contributed by atoms with Crippen LogP contribution >= 0.6 is 23.8 Å². The Morgan fingerprint density at radius 2 is 1.88 bits per heavy atom. The molecule has 0 saturated carbocycles. The van der Waals surface area contributed by atoms with Gasteiger partial charge in [0.15, 0.2) is 5.11 Å². The van der Waals surface area contributed by atoms with Crippen molar-refractivity contribution in [3.05, 3.63) is 70.8 Å². The molecule has 0 aliphatic rings. The highest BCUT2D eigenvalue weighted by Crippen LogP contribution is 2.16. The highest BCUT2D eigenvalue weighted by Gasteiger charge is 2.06. The molecule has 0 saturated heterocycles. The van der Waals surface area contributed by atoms with Gasteiger partial charge in [0.2, 0.25) is 5.91 Å². The van der Waals surface area contributed by atoms with Gasteiger partial charge < -0.3 is 10.6 Å². The molecule has 3 N–H and O–H groups in total. The number of amides is 2. The number of carbonyl (C=O) groups is 2. The van der Waals surface area contributed by atoms with Gasteiger partial charge in [0.25, 0.3) is 5.91 Å². The molecule has 25 heavy (non-hydrogen) atoms. The molecule has 128 valence electrons. The van der Waals surface area contributed by atoms with Gasteiger partial charge in [0.05, 0.1) is 0 Å². The van der Waals surface area contributed by atoms with Gasteiger partial charge in [-0.05, 0) is 48.1 Å². The molecule has 7 heteroatoms. The van der Waals surface area contributed by atoms with E-state index in [2.05, 4.69) is 16.0 Å². The molecule has 0 aromatic heterocycles. The molecule has 0 radical (unpaired) electrons. The lowest BCUT2D eigenvalue weighted by molar-refractivity contribution is -0.115. The fraction of sp³-hybridized carbons (Fsp3) is 0.0556. The molecule has 0 fully saturated rings. The van der Waals surface area contributed by atoms with Crippen LogP contribution < -0.4 is 16.0 Å². The van der Waals surface area contributed by atoms with Crippen molar-refractivity contribution in [1.82, 2.24) is 10.6 Å². The summed E-state index contributed by atoms with van der Waals surface area (Å²) in [6.45, 7) is 0. The number of hydrogen-bond acceptors (Lipinski definition) is 3. The van der Waals surface area contributed by atoms with Gasteiger partial charge in [-0.2, -0.15) is 0 Å². The fourth-order valence-electron chi connectivity index (χ4n) is 1.97. The number of hydrogen-bond donors (Lipinski definition) is 3. The van der Waals surface area contributed by atoms with Crippen molar-refractivity contribution in [2.75, 3.05) is 12.4 Å². The highest BCUT2D eigenvalue weighted by molar-refractivity contribution is 7.80. The Balaban J connectivity index is 1.95. The van der Waals surface area contributed by atoms with E-state index in [0.29, 0.717) is 16.3 Å². The van der Waals surface area contributed by atoms with Gasteiger partial charge in [-0.1, -0.05) is 35.9 Å². The van der Waals surface area contributed by atoms with Crippen molar-refractivity contribution in [3.8, 4) is 0 Å². The van der Waals surface area contributed by atoms with Crippen molar-refractivity contribution in [1.29, 1.82) is 0 Å². The summed E-state index contributed by atoms with van der Waals surface area (Å²) in [4.78, 5) is 23.5. The maximum absolute atomic E-state index is 11.9. The lowest BCUT2D eigenvalue weighted by Crippen LogP contribution is -2.32. The first-order chi connectivity index (χ1) is 12.0. The molecule has 0 bridgehead atoms. The SMILES string of the molecule is CNC(=O)c1cccc(NC(=S)NC(=O)/C=C/c2ccccc2Cl)c1. The second kappa shape index (κ2) is 8.96. The summed E-state index contributed by atoms with van der Waals surface area (Å²) in [7, 11) is 1.55. The maximum Gasteiger partial charge on any atom is 0.251 e. The number of halogens is 1. The van der Waals surface area contributed by atoms with E-state index >= 15 is 0 Å². The van der Waals surface area contributed by atoms with Gasteiger partial charge >= 0.3 is 0 Å². The standard InChI is InChI=1S/C18H16ClN3O2S/c1-20-17(24)13-6-4-7-14(11-13)21-18(25)22-16(23)10-9-12-5-2-3-8-15(12)19/h2-11H,1H3,(H,20,24)(H2,21,22,23,25)/b10-9+. The topological polar surface area (TPSA) is 70.2 Å². The van der Waals surface area contributed by atoms with Gasteiger partial charge in [-0.25, -0.2) is 0 Å². The summed E-state index contributed by atoms with van der Waals surface area (Å²) in [6, 6.07) is 14.0. The average molecular weight is 374 g/mol. The van der Waals surface area contributed by atoms with E-state index in [1.54, 1.807) is 49.5 Å². The number of nitrogens with one attached hydrogen (secondary N) is 3. The first kappa shape index (κ1) is 18.6. The van der Waals surface area contributed by atoms with Crippen molar-refractivity contribution in [2.45, 2.75) is 0 Å². The third kappa shape index (κ3) is 5.70. The maximum atomic E-state index is 11.9. The number of rotatable bonds is 4. The molecule has 0 atom stereocenters. The second-order valence-corrected chi connectivity index (χ2v) is 5.77. The van der Waals surface area contributed by atoms with Crippen LogP contribution in [0.5, 0.6) is 0 Å². The lowest BCUT2D eigenvalue weighted by atomic mass is 10.2. The van der Waals surface area contributed by atoms with E-state index in [9.17, 15) is 9.59 Å². The Morgan fingerprint density at radius 1 is 1.12 bits per heavy atom. The van der Waals surface area contributed by atoms with Crippen LogP contribution in [0, 0.1) is 0 Å². The summed E-state index contributed by atoms with van der Waals surface area (Å²) in [6.07, 6.45) is 2.95. The first-order valence-corrected chi connectivity index (χ1v) is 8.15. The van der Waals surface area contributed by atoms with Crippen LogP contribution in [-0.4, -0.2) is 24.0 Å². The summed E-state index contributed by atoms with van der Waals surface area (Å²) in [5.74, 6) is -0.596. The van der Waals surface area contributed by atoms with Crippen LogP contribution in [0.2, 0.25) is 5.02 Å². The summed E-state index contributed by atoms with van der Waals surface area (Å²) in [5, 5.41) is 8.62. The third-order valence-electron chi connectivity index (χ3n) is 3.17. The van der Waals surface area contributed by atoms with Crippen LogP contribution in [0.3, 0.4) is 0 Å². The van der Waals surface area contributed by atoms with Crippen molar-refractivity contribution in [3.63, 3.8) is 0 Å². The quantitative estimate of drug-likeness (QED) is 0.568. The molecule has 2 aromatic carbocycles. The van der Waals surface area contributed by atoms with Crippen LogP contribution in [0.25, 0.3) is 6.08 Å². The fourth-order valence-corrected chi connectivity index (χ4v) is 2.39. The Morgan fingerprint density at radius 3 is 2.60 bits per heavy atom. The molecule has 2 amide bonds. The largest absolute Gasteiger partial charge is 0.355 e. The Hall–Kier alpha value is -2.70. The van der Waals surface area contributed by atoms with Gasteiger partial charge in [-0.15, -0.1) is 0 Å². The molecule has 0 aliphatic heterocycles. The monoisotopic (exact) mass is 373 g/mol. The van der Waals surface area contributed by atoms with E-state index in [1.807, 2.05) is 12.1 Å². The average Bonchev–Trinajstić information content (AvgIpc) is 2.60. The van der Waals surface area contributed by atoms with Crippen LogP contribution in [0.1, 0.15) is 15.9 Å². The zero-order chi connectivity index (χ0) is 18.2. The molecule has 0 spiro atoms. The summed E-state index contributed by atoms with van der Waals surface area (Å²) < 4.78 is 0. The minimum atomic E-state index is -0.389. The third-order valence-corrected chi connectivity index (χ3v) is 3.71. The number of benzene rings is 2. The van der Waals surface area contributed by atoms with E-state index in [-0.39, 0.29) is 16.9 Å². The predicted molar refractivity (Wildman–Crippen MR) is 105 cm³/mol. The van der Waals surface area contributed by atoms with Crippen molar-refractivity contribution < 1.29 is 9.59 Å². The Labute approximate surface area is 156 Å². The molecular weight excluding hydrogens is 358 g/mol. The van der Waals surface area contributed by atoms with Gasteiger partial charge in [-0.3, -0.25) is 14.9 Å². The van der Waals surface area contributed by atoms with E-state index < -0.39 is 0 Å². The molecular formula is C18H16ClN3O2S. The lowest BCUT2D eigenvalue weighted by Gasteiger charge is -2.09. The van der Waals surface area contributed by atoms with Crippen LogP contribution in [0.4, 0.5) is 5.69 Å². The normalized spacial score (nSPS) is 10.3. The van der Waals surface area contributed by atoms with E-state index in [4.69, 9.17) is 23.8 Å². The van der Waals surface area contributed by atoms with E-state index in [1.165, 1.54) is 6.08 Å². The molecule has 0 aliphatic carbocycles. The molecule has 0 unspecified atom stereocenters. The molecule has 2 rings (SSSR count). The zero-order valence-corrected chi connectivity index (χ0v) is 14.9. The highest BCUT2D eigenvalue weighted by atomic mass is 35.5. The molecule has 5 nitrogen and oxygen atoms in total. The van der Waals surface area contributed by atoms with Crippen molar-refractivity contribution >= 4 is 52.5 Å². The smallest absolute Gasteiger partial charge is 0.251 e. The second-order valence-electron chi connectivity index (χ2n) is 4.96. The van der Waals surface area contributed by atoms with Gasteiger partial charge in [0, 0.05) is 29.4 Å². The zero-order valence-electron chi connectivity index (χ0n) is 13.4. The molecule has 2 aromatic rings. The Kier molecular flexibility index (Phi) is 6.68. The van der Waals surface area contributed by atoms with Crippen LogP contribution in [0.15, 0.2) is 54.6 Å². The summed E-state index contributed by atoms with van der Waals surface area (Å²) >= 11 is 11.1. The number of carbonyl (C=O) groups excluding carboxylic acids is 2. The summed E-state index contributed by atoms with van der Waals surface area (Å²) in [5.41, 5.74) is 1.82.